The number of anilines is 1. The van der Waals surface area contributed by atoms with Gasteiger partial charge in [-0.1, -0.05) is 0 Å². The summed E-state index contributed by atoms with van der Waals surface area (Å²) in [5.74, 6) is 0.748. The number of imidazole rings is 1. The summed E-state index contributed by atoms with van der Waals surface area (Å²) in [5, 5.41) is 2.74. The Morgan fingerprint density at radius 1 is 1.47 bits per heavy atom. The van der Waals surface area contributed by atoms with Gasteiger partial charge < -0.3 is 10.3 Å². The molecule has 2 aromatic heterocycles. The molecule has 0 saturated carbocycles. The van der Waals surface area contributed by atoms with Crippen LogP contribution in [0.3, 0.4) is 0 Å². The van der Waals surface area contributed by atoms with E-state index in [0.717, 1.165) is 6.42 Å². The molecule has 1 aliphatic rings. The second-order valence-corrected chi connectivity index (χ2v) is 7.19. The number of H-pyrrole nitrogens is 1. The predicted octanol–water partition coefficient (Wildman–Crippen LogP) is 0.995. The van der Waals surface area contributed by atoms with Crippen LogP contribution in [0.5, 0.6) is 0 Å². The van der Waals surface area contributed by atoms with Gasteiger partial charge in [-0.25, -0.2) is 13.4 Å². The molecule has 0 amide bonds. The monoisotopic (exact) mass is 301 g/mol. The lowest BCUT2D eigenvalue weighted by molar-refractivity contribution is 0.591. The Hall–Kier alpha value is -1.41. The normalized spacial score (nSPS) is 21.8. The maximum Gasteiger partial charge on any atom is 0.226 e. The fourth-order valence-electron chi connectivity index (χ4n) is 2.23. The lowest BCUT2D eigenvalue weighted by Gasteiger charge is -2.11. The molecule has 19 heavy (non-hydrogen) atoms. The van der Waals surface area contributed by atoms with Gasteiger partial charge in [-0.3, -0.25) is 0 Å². The number of nitrogens with one attached hydrogen (secondary N) is 2. The molecule has 1 unspecified atom stereocenters. The van der Waals surface area contributed by atoms with Gasteiger partial charge in [0.1, 0.15) is 5.52 Å². The second kappa shape index (κ2) is 4.61. The summed E-state index contributed by atoms with van der Waals surface area (Å²) in [4.78, 5) is 14.9. The first-order valence-corrected chi connectivity index (χ1v) is 7.98. The summed E-state index contributed by atoms with van der Waals surface area (Å²) in [7, 11) is -2.97. The molecule has 1 saturated heterocycles. The SMILES string of the molecule is O=S1(=O)CCCC1CNc1nc(Cl)nc2nc[nH]c12. The minimum absolute atomic E-state index is 0.0800. The highest BCUT2D eigenvalue weighted by Gasteiger charge is 2.31. The Labute approximate surface area is 114 Å². The average molecular weight is 302 g/mol. The third-order valence-corrected chi connectivity index (χ3v) is 5.66. The highest BCUT2D eigenvalue weighted by Crippen LogP contribution is 2.22. The number of hydrogen-bond acceptors (Lipinski definition) is 6. The number of halogens is 1. The second-order valence-electron chi connectivity index (χ2n) is 4.45. The molecule has 0 bridgehead atoms. The number of hydrogen-bond donors (Lipinski definition) is 2. The smallest absolute Gasteiger partial charge is 0.226 e. The zero-order valence-electron chi connectivity index (χ0n) is 9.93. The average Bonchev–Trinajstić information content (AvgIpc) is 2.92. The van der Waals surface area contributed by atoms with Gasteiger partial charge >= 0.3 is 0 Å². The van der Waals surface area contributed by atoms with Gasteiger partial charge in [0.25, 0.3) is 0 Å². The van der Waals surface area contributed by atoms with E-state index in [1.165, 1.54) is 6.33 Å². The zero-order valence-corrected chi connectivity index (χ0v) is 11.5. The van der Waals surface area contributed by atoms with Crippen molar-refractivity contribution in [3.8, 4) is 0 Å². The van der Waals surface area contributed by atoms with Crippen molar-refractivity contribution in [1.82, 2.24) is 19.9 Å². The fraction of sp³-hybridized carbons (Fsp3) is 0.500. The van der Waals surface area contributed by atoms with E-state index in [4.69, 9.17) is 11.6 Å². The van der Waals surface area contributed by atoms with E-state index in [2.05, 4.69) is 25.3 Å². The summed E-state index contributed by atoms with van der Waals surface area (Å²) >= 11 is 5.80. The third-order valence-electron chi connectivity index (χ3n) is 3.22. The molecule has 1 fully saturated rings. The van der Waals surface area contributed by atoms with Crippen molar-refractivity contribution in [1.29, 1.82) is 0 Å². The lowest BCUT2D eigenvalue weighted by atomic mass is 10.2. The summed E-state index contributed by atoms with van der Waals surface area (Å²) in [6, 6.07) is 0. The van der Waals surface area contributed by atoms with Gasteiger partial charge in [-0.15, -0.1) is 0 Å². The number of sulfone groups is 1. The van der Waals surface area contributed by atoms with E-state index in [0.29, 0.717) is 29.9 Å². The first kappa shape index (κ1) is 12.6. The Balaban J connectivity index is 1.84. The van der Waals surface area contributed by atoms with E-state index in [-0.39, 0.29) is 16.3 Å². The fourth-order valence-corrected chi connectivity index (χ4v) is 4.16. The van der Waals surface area contributed by atoms with E-state index in [1.54, 1.807) is 0 Å². The molecular formula is C10H12ClN5O2S. The Bertz CT molecular complexity index is 714. The first-order chi connectivity index (χ1) is 9.06. The largest absolute Gasteiger partial charge is 0.367 e. The summed E-state index contributed by atoms with van der Waals surface area (Å²) < 4.78 is 23.5. The minimum Gasteiger partial charge on any atom is -0.367 e. The number of aromatic amines is 1. The zero-order chi connectivity index (χ0) is 13.5. The predicted molar refractivity (Wildman–Crippen MR) is 72.0 cm³/mol. The van der Waals surface area contributed by atoms with Gasteiger partial charge in [0.2, 0.25) is 5.28 Å². The molecular weight excluding hydrogens is 290 g/mol. The number of fused-ring (bicyclic) bond motifs is 1. The Morgan fingerprint density at radius 2 is 2.32 bits per heavy atom. The van der Waals surface area contributed by atoms with Crippen LogP contribution in [0.2, 0.25) is 5.28 Å². The maximum atomic E-state index is 11.7. The third kappa shape index (κ3) is 2.37. The molecule has 0 radical (unpaired) electrons. The van der Waals surface area contributed by atoms with Crippen molar-refractivity contribution in [3.63, 3.8) is 0 Å². The topological polar surface area (TPSA) is 101 Å². The van der Waals surface area contributed by atoms with Gasteiger partial charge in [0.05, 0.1) is 17.3 Å². The van der Waals surface area contributed by atoms with Gasteiger partial charge in [-0.05, 0) is 24.4 Å². The first-order valence-electron chi connectivity index (χ1n) is 5.88. The number of rotatable bonds is 3. The van der Waals surface area contributed by atoms with Crippen molar-refractivity contribution in [3.05, 3.63) is 11.6 Å². The van der Waals surface area contributed by atoms with Crippen LogP contribution in [0.25, 0.3) is 11.2 Å². The molecule has 0 aromatic carbocycles. The van der Waals surface area contributed by atoms with Crippen molar-refractivity contribution in [2.45, 2.75) is 18.1 Å². The molecule has 1 atom stereocenters. The van der Waals surface area contributed by atoms with E-state index in [1.807, 2.05) is 0 Å². The highest BCUT2D eigenvalue weighted by molar-refractivity contribution is 7.92. The molecule has 0 aliphatic carbocycles. The summed E-state index contributed by atoms with van der Waals surface area (Å²) in [5.41, 5.74) is 1.08. The van der Waals surface area contributed by atoms with Crippen molar-refractivity contribution >= 4 is 38.4 Å². The van der Waals surface area contributed by atoms with Crippen LogP contribution in [0, 0.1) is 0 Å². The number of nitrogens with zero attached hydrogens (tertiary/aromatic N) is 3. The molecule has 9 heteroatoms. The molecule has 2 aromatic rings. The van der Waals surface area contributed by atoms with Crippen molar-refractivity contribution in [2.24, 2.45) is 0 Å². The van der Waals surface area contributed by atoms with E-state index >= 15 is 0 Å². The van der Waals surface area contributed by atoms with Crippen molar-refractivity contribution < 1.29 is 8.42 Å². The molecule has 102 valence electrons. The van der Waals surface area contributed by atoms with E-state index in [9.17, 15) is 8.42 Å². The Morgan fingerprint density at radius 3 is 3.05 bits per heavy atom. The van der Waals surface area contributed by atoms with Crippen LogP contribution in [0.1, 0.15) is 12.8 Å². The summed E-state index contributed by atoms with van der Waals surface area (Å²) in [6.07, 6.45) is 2.89. The standard InChI is InChI=1S/C10H12ClN5O2S/c11-10-15-8(7-9(16-10)14-5-13-7)12-4-6-2-1-3-19(6,17)18/h5-6H,1-4H2,(H2,12,13,14,15,16). The summed E-state index contributed by atoms with van der Waals surface area (Å²) in [6.45, 7) is 0.323. The van der Waals surface area contributed by atoms with Gasteiger partial charge in [0, 0.05) is 6.54 Å². The molecule has 0 spiro atoms. The van der Waals surface area contributed by atoms with Crippen LogP contribution >= 0.6 is 11.6 Å². The lowest BCUT2D eigenvalue weighted by Crippen LogP contribution is -2.25. The molecule has 2 N–H and O–H groups in total. The van der Waals surface area contributed by atoms with Crippen LogP contribution in [-0.2, 0) is 9.84 Å². The Kier molecular flexibility index (Phi) is 3.06. The van der Waals surface area contributed by atoms with Gasteiger partial charge in [0.15, 0.2) is 21.3 Å². The highest BCUT2D eigenvalue weighted by atomic mass is 35.5. The number of aromatic nitrogens is 4. The maximum absolute atomic E-state index is 11.7. The van der Waals surface area contributed by atoms with Gasteiger partial charge in [-0.2, -0.15) is 9.97 Å². The molecule has 3 heterocycles. The molecule has 1 aliphatic heterocycles. The van der Waals surface area contributed by atoms with Crippen molar-refractivity contribution in [2.75, 3.05) is 17.6 Å². The van der Waals surface area contributed by atoms with Crippen LogP contribution in [0.4, 0.5) is 5.82 Å². The van der Waals surface area contributed by atoms with Crippen LogP contribution < -0.4 is 5.32 Å². The quantitative estimate of drug-likeness (QED) is 0.820. The van der Waals surface area contributed by atoms with Crippen LogP contribution in [0.15, 0.2) is 6.33 Å². The van der Waals surface area contributed by atoms with E-state index < -0.39 is 9.84 Å². The molecule has 3 rings (SSSR count). The minimum atomic E-state index is -2.97. The van der Waals surface area contributed by atoms with Crippen LogP contribution in [-0.4, -0.2) is 45.9 Å². The molecule has 7 nitrogen and oxygen atoms in total.